The molecule has 2 N–H and O–H groups in total. The van der Waals surface area contributed by atoms with E-state index in [1.807, 2.05) is 6.08 Å². The average Bonchev–Trinajstić information content (AvgIpc) is 2.12. The van der Waals surface area contributed by atoms with Crippen LogP contribution in [0.2, 0.25) is 0 Å². The molecule has 0 aromatic carbocycles. The Morgan fingerprint density at radius 3 is 2.57 bits per heavy atom. The molecule has 2 atom stereocenters. The van der Waals surface area contributed by atoms with Crippen molar-refractivity contribution in [3.63, 3.8) is 0 Å². The van der Waals surface area contributed by atoms with Gasteiger partial charge < -0.3 is 10.2 Å². The number of allylic oxidation sites excluding steroid dienone is 1. The Morgan fingerprint density at radius 2 is 2.07 bits per heavy atom. The molecule has 0 radical (unpaired) electrons. The van der Waals surface area contributed by atoms with Crippen LogP contribution < -0.4 is 0 Å². The van der Waals surface area contributed by atoms with Crippen molar-refractivity contribution in [2.24, 2.45) is 0 Å². The van der Waals surface area contributed by atoms with Gasteiger partial charge in [0, 0.05) is 6.42 Å². The molecule has 0 aromatic heterocycles. The molecule has 2 unspecified atom stereocenters. The van der Waals surface area contributed by atoms with Crippen LogP contribution >= 0.6 is 0 Å². The van der Waals surface area contributed by atoms with Gasteiger partial charge in [-0.2, -0.15) is 0 Å². The van der Waals surface area contributed by atoms with Gasteiger partial charge in [-0.3, -0.25) is 4.79 Å². The topological polar surface area (TPSA) is 57.5 Å². The number of carbonyl (C=O) groups excluding carboxylic acids is 1. The summed E-state index contributed by atoms with van der Waals surface area (Å²) in [6.45, 7) is 3.42. The number of unbranched alkanes of at least 4 members (excludes halogenated alkanes) is 2. The molecule has 3 heteroatoms. The molecule has 0 rings (SSSR count). The normalized spacial score (nSPS) is 15.7. The quantitative estimate of drug-likeness (QED) is 0.483. The van der Waals surface area contributed by atoms with Crippen molar-refractivity contribution in [1.82, 2.24) is 0 Å². The first-order valence-electron chi connectivity index (χ1n) is 5.11. The first-order valence-corrected chi connectivity index (χ1v) is 5.11. The summed E-state index contributed by atoms with van der Waals surface area (Å²) in [5.74, 6) is -0.300. The molecule has 0 bridgehead atoms. The van der Waals surface area contributed by atoms with Gasteiger partial charge in [0.15, 0.2) is 5.78 Å². The van der Waals surface area contributed by atoms with Crippen LogP contribution in [0.25, 0.3) is 0 Å². The minimum atomic E-state index is -1.04. The highest BCUT2D eigenvalue weighted by Gasteiger charge is 2.13. The highest BCUT2D eigenvalue weighted by Crippen LogP contribution is 2.03. The lowest BCUT2D eigenvalue weighted by atomic mass is 10.1. The molecule has 0 heterocycles. The van der Waals surface area contributed by atoms with Crippen LogP contribution in [-0.4, -0.2) is 28.2 Å². The second-order valence-corrected chi connectivity index (χ2v) is 3.50. The molecule has 0 fully saturated rings. The zero-order chi connectivity index (χ0) is 11.0. The molecule has 0 aliphatic rings. The van der Waals surface area contributed by atoms with Gasteiger partial charge in [0.25, 0.3) is 0 Å². The third-order valence-corrected chi connectivity index (χ3v) is 2.02. The lowest BCUT2D eigenvalue weighted by molar-refractivity contribution is -0.126. The number of Topliss-reactive ketones (excluding diaryl/α,β-unsaturated/α-hetero) is 1. The Bertz CT molecular complexity index is 187. The van der Waals surface area contributed by atoms with E-state index in [2.05, 4.69) is 6.92 Å². The zero-order valence-corrected chi connectivity index (χ0v) is 8.94. The van der Waals surface area contributed by atoms with Crippen LogP contribution in [0.3, 0.4) is 0 Å². The predicted octanol–water partition coefficient (Wildman–Crippen LogP) is 1.43. The number of ketones is 1. The maximum absolute atomic E-state index is 10.7. The summed E-state index contributed by atoms with van der Waals surface area (Å²) in [5.41, 5.74) is 0. The van der Waals surface area contributed by atoms with Gasteiger partial charge >= 0.3 is 0 Å². The van der Waals surface area contributed by atoms with Gasteiger partial charge in [0.2, 0.25) is 0 Å². The summed E-state index contributed by atoms with van der Waals surface area (Å²) in [6.07, 6.45) is 5.02. The first-order chi connectivity index (χ1) is 6.57. The molecule has 0 aliphatic heterocycles. The predicted molar refractivity (Wildman–Crippen MR) is 56.0 cm³/mol. The Balaban J connectivity index is 3.68. The fraction of sp³-hybridized carbons (Fsp3) is 0.727. The van der Waals surface area contributed by atoms with Crippen LogP contribution in [0.1, 0.15) is 39.5 Å². The van der Waals surface area contributed by atoms with E-state index in [4.69, 9.17) is 5.11 Å². The van der Waals surface area contributed by atoms with Crippen LogP contribution in [0, 0.1) is 0 Å². The van der Waals surface area contributed by atoms with Crippen molar-refractivity contribution < 1.29 is 15.0 Å². The molecule has 0 saturated carbocycles. The van der Waals surface area contributed by atoms with Crippen LogP contribution in [0.15, 0.2) is 12.2 Å². The fourth-order valence-corrected chi connectivity index (χ4v) is 1.05. The van der Waals surface area contributed by atoms with Crippen LogP contribution in [-0.2, 0) is 4.79 Å². The van der Waals surface area contributed by atoms with E-state index >= 15 is 0 Å². The second kappa shape index (κ2) is 7.71. The van der Waals surface area contributed by atoms with E-state index in [9.17, 15) is 9.90 Å². The molecular weight excluding hydrogens is 180 g/mol. The van der Waals surface area contributed by atoms with Crippen LogP contribution in [0.5, 0.6) is 0 Å². The summed E-state index contributed by atoms with van der Waals surface area (Å²) in [7, 11) is 0. The smallest absolute Gasteiger partial charge is 0.158 e. The van der Waals surface area contributed by atoms with Gasteiger partial charge in [0.1, 0.15) is 6.10 Å². The summed E-state index contributed by atoms with van der Waals surface area (Å²) in [5, 5.41) is 18.5. The molecule has 0 aliphatic carbocycles. The molecule has 0 saturated heterocycles. The fourth-order valence-electron chi connectivity index (χ4n) is 1.05. The standard InChI is InChI=1S/C11H20O3/c1-3-4-5-6-7-10(13)8-11(14)9(2)12/h6-7,10-11,13-14H,3-5,8H2,1-2H3. The molecule has 82 valence electrons. The van der Waals surface area contributed by atoms with Crippen molar-refractivity contribution >= 4 is 5.78 Å². The summed E-state index contributed by atoms with van der Waals surface area (Å²) in [6, 6.07) is 0. The van der Waals surface area contributed by atoms with E-state index < -0.39 is 12.2 Å². The highest BCUT2D eigenvalue weighted by molar-refractivity contribution is 5.80. The lowest BCUT2D eigenvalue weighted by Gasteiger charge is -2.09. The number of aliphatic hydroxyl groups is 2. The minimum Gasteiger partial charge on any atom is -0.389 e. The van der Waals surface area contributed by atoms with Crippen LogP contribution in [0.4, 0.5) is 0 Å². The van der Waals surface area contributed by atoms with Gasteiger partial charge in [-0.25, -0.2) is 0 Å². The van der Waals surface area contributed by atoms with Crippen molar-refractivity contribution in [2.75, 3.05) is 0 Å². The first kappa shape index (κ1) is 13.3. The number of aliphatic hydroxyl groups excluding tert-OH is 2. The summed E-state index contributed by atoms with van der Waals surface area (Å²) >= 11 is 0. The Morgan fingerprint density at radius 1 is 1.43 bits per heavy atom. The van der Waals surface area contributed by atoms with Gasteiger partial charge in [-0.1, -0.05) is 31.9 Å². The van der Waals surface area contributed by atoms with E-state index in [-0.39, 0.29) is 12.2 Å². The van der Waals surface area contributed by atoms with Crippen molar-refractivity contribution in [3.8, 4) is 0 Å². The molecule has 14 heavy (non-hydrogen) atoms. The highest BCUT2D eigenvalue weighted by atomic mass is 16.3. The molecular formula is C11H20O3. The van der Waals surface area contributed by atoms with E-state index in [0.717, 1.165) is 19.3 Å². The third kappa shape index (κ3) is 6.80. The molecule has 3 nitrogen and oxygen atoms in total. The maximum atomic E-state index is 10.7. The number of rotatable bonds is 7. The number of hydrogen-bond donors (Lipinski definition) is 2. The van der Waals surface area contributed by atoms with Crippen molar-refractivity contribution in [2.45, 2.75) is 51.7 Å². The molecule has 0 spiro atoms. The maximum Gasteiger partial charge on any atom is 0.158 e. The van der Waals surface area contributed by atoms with E-state index in [1.54, 1.807) is 6.08 Å². The van der Waals surface area contributed by atoms with E-state index in [1.165, 1.54) is 6.92 Å². The van der Waals surface area contributed by atoms with Gasteiger partial charge in [-0.15, -0.1) is 0 Å². The lowest BCUT2D eigenvalue weighted by Crippen LogP contribution is -2.22. The van der Waals surface area contributed by atoms with E-state index in [0.29, 0.717) is 0 Å². The number of hydrogen-bond acceptors (Lipinski definition) is 3. The zero-order valence-electron chi connectivity index (χ0n) is 8.94. The Labute approximate surface area is 85.4 Å². The molecule has 0 aromatic rings. The monoisotopic (exact) mass is 200 g/mol. The summed E-state index contributed by atoms with van der Waals surface area (Å²) in [4.78, 5) is 10.7. The van der Waals surface area contributed by atoms with Crippen molar-refractivity contribution in [3.05, 3.63) is 12.2 Å². The largest absolute Gasteiger partial charge is 0.389 e. The van der Waals surface area contributed by atoms with Gasteiger partial charge in [0.05, 0.1) is 6.10 Å². The Hall–Kier alpha value is -0.670. The Kier molecular flexibility index (Phi) is 7.34. The minimum absolute atomic E-state index is 0.0952. The van der Waals surface area contributed by atoms with Crippen molar-refractivity contribution in [1.29, 1.82) is 0 Å². The average molecular weight is 200 g/mol. The second-order valence-electron chi connectivity index (χ2n) is 3.50. The van der Waals surface area contributed by atoms with Gasteiger partial charge in [-0.05, 0) is 13.3 Å². The molecule has 0 amide bonds. The SMILES string of the molecule is CCCCC=CC(O)CC(O)C(C)=O. The third-order valence-electron chi connectivity index (χ3n) is 2.02. The summed E-state index contributed by atoms with van der Waals surface area (Å²) < 4.78 is 0. The number of carbonyl (C=O) groups is 1.